The summed E-state index contributed by atoms with van der Waals surface area (Å²) in [6.07, 6.45) is 0. The normalized spacial score (nSPS) is 12.0. The van der Waals surface area contributed by atoms with E-state index in [9.17, 15) is 0 Å². The third-order valence-corrected chi connectivity index (χ3v) is 3.37. The molecule has 0 amide bonds. The minimum Gasteiger partial charge on any atom is -0.497 e. The van der Waals surface area contributed by atoms with Gasteiger partial charge in [-0.2, -0.15) is 0 Å². The number of hydrogen-bond acceptors (Lipinski definition) is 4. The Morgan fingerprint density at radius 1 is 1.05 bits per heavy atom. The molecule has 0 saturated heterocycles. The van der Waals surface area contributed by atoms with Crippen LogP contribution in [-0.2, 0) is 0 Å². The van der Waals surface area contributed by atoms with E-state index in [1.165, 1.54) is 0 Å². The van der Waals surface area contributed by atoms with E-state index >= 15 is 0 Å². The highest BCUT2D eigenvalue weighted by molar-refractivity contribution is 6.30. The second-order valence-corrected chi connectivity index (χ2v) is 4.70. The van der Waals surface area contributed by atoms with Gasteiger partial charge in [0.25, 0.3) is 0 Å². The first-order chi connectivity index (χ1) is 9.69. The zero-order valence-corrected chi connectivity index (χ0v) is 12.1. The Morgan fingerprint density at radius 2 is 1.75 bits per heavy atom. The zero-order chi connectivity index (χ0) is 14.5. The maximum Gasteiger partial charge on any atom is 0.127 e. The van der Waals surface area contributed by atoms with E-state index in [2.05, 4.69) is 5.43 Å². The number of halogens is 1. The van der Waals surface area contributed by atoms with Crippen molar-refractivity contribution in [1.82, 2.24) is 5.43 Å². The Labute approximate surface area is 123 Å². The van der Waals surface area contributed by atoms with Gasteiger partial charge in [0.15, 0.2) is 0 Å². The maximum atomic E-state index is 5.91. The molecule has 3 N–H and O–H groups in total. The van der Waals surface area contributed by atoms with Crippen LogP contribution < -0.4 is 20.7 Å². The molecule has 1 atom stereocenters. The maximum absolute atomic E-state index is 5.91. The number of ether oxygens (including phenoxy) is 2. The third-order valence-electron chi connectivity index (χ3n) is 3.12. The van der Waals surface area contributed by atoms with Crippen molar-refractivity contribution in [1.29, 1.82) is 0 Å². The van der Waals surface area contributed by atoms with Crippen LogP contribution in [0, 0.1) is 0 Å². The average molecular weight is 293 g/mol. The van der Waals surface area contributed by atoms with Gasteiger partial charge in [0.1, 0.15) is 11.5 Å². The number of nitrogens with two attached hydrogens (primary N) is 1. The van der Waals surface area contributed by atoms with Gasteiger partial charge in [-0.15, -0.1) is 0 Å². The van der Waals surface area contributed by atoms with Crippen LogP contribution in [0.2, 0.25) is 5.02 Å². The molecule has 0 heterocycles. The molecule has 0 aliphatic heterocycles. The predicted octanol–water partition coefficient (Wildman–Crippen LogP) is 2.91. The fourth-order valence-electron chi connectivity index (χ4n) is 2.08. The Kier molecular flexibility index (Phi) is 4.84. The van der Waals surface area contributed by atoms with Gasteiger partial charge in [-0.05, 0) is 29.8 Å². The van der Waals surface area contributed by atoms with Crippen molar-refractivity contribution in [3.8, 4) is 11.5 Å². The summed E-state index contributed by atoms with van der Waals surface area (Å²) < 4.78 is 10.6. The molecule has 2 aromatic rings. The lowest BCUT2D eigenvalue weighted by Crippen LogP contribution is -2.29. The minimum atomic E-state index is -0.187. The molecule has 0 radical (unpaired) electrons. The fourth-order valence-corrected chi connectivity index (χ4v) is 2.20. The molecule has 4 nitrogen and oxygen atoms in total. The summed E-state index contributed by atoms with van der Waals surface area (Å²) in [6, 6.07) is 13.0. The van der Waals surface area contributed by atoms with Crippen molar-refractivity contribution < 1.29 is 9.47 Å². The van der Waals surface area contributed by atoms with Crippen molar-refractivity contribution >= 4 is 11.6 Å². The lowest BCUT2D eigenvalue weighted by Gasteiger charge is -2.20. The molecule has 0 fully saturated rings. The topological polar surface area (TPSA) is 56.5 Å². The van der Waals surface area contributed by atoms with Crippen LogP contribution in [0.4, 0.5) is 0 Å². The largest absolute Gasteiger partial charge is 0.497 e. The van der Waals surface area contributed by atoms with E-state index < -0.39 is 0 Å². The van der Waals surface area contributed by atoms with Crippen molar-refractivity contribution in [3.63, 3.8) is 0 Å². The standard InChI is InChI=1S/C15H17ClN2O2/c1-19-12-7-8-13(14(9-12)20-2)15(18-17)10-3-5-11(16)6-4-10/h3-9,15,18H,17H2,1-2H3. The summed E-state index contributed by atoms with van der Waals surface area (Å²) in [6.45, 7) is 0. The SMILES string of the molecule is COc1ccc(C(NN)c2ccc(Cl)cc2)c(OC)c1. The lowest BCUT2D eigenvalue weighted by atomic mass is 9.98. The van der Waals surface area contributed by atoms with E-state index in [-0.39, 0.29) is 6.04 Å². The highest BCUT2D eigenvalue weighted by Crippen LogP contribution is 2.32. The van der Waals surface area contributed by atoms with Crippen LogP contribution in [0.5, 0.6) is 11.5 Å². The van der Waals surface area contributed by atoms with Gasteiger partial charge < -0.3 is 9.47 Å². The average Bonchev–Trinajstić information content (AvgIpc) is 2.50. The Morgan fingerprint density at radius 3 is 2.30 bits per heavy atom. The number of methoxy groups -OCH3 is 2. The summed E-state index contributed by atoms with van der Waals surface area (Å²) >= 11 is 5.91. The molecule has 20 heavy (non-hydrogen) atoms. The van der Waals surface area contributed by atoms with Crippen molar-refractivity contribution in [2.24, 2.45) is 5.84 Å². The first kappa shape index (κ1) is 14.7. The summed E-state index contributed by atoms with van der Waals surface area (Å²) in [7, 11) is 3.24. The number of rotatable bonds is 5. The summed E-state index contributed by atoms with van der Waals surface area (Å²) in [5.41, 5.74) is 4.73. The molecule has 106 valence electrons. The predicted molar refractivity (Wildman–Crippen MR) is 80.2 cm³/mol. The first-order valence-electron chi connectivity index (χ1n) is 6.13. The van der Waals surface area contributed by atoms with E-state index in [4.69, 9.17) is 26.9 Å². The third kappa shape index (κ3) is 3.04. The highest BCUT2D eigenvalue weighted by atomic mass is 35.5. The monoisotopic (exact) mass is 292 g/mol. The van der Waals surface area contributed by atoms with E-state index in [0.717, 1.165) is 16.9 Å². The van der Waals surface area contributed by atoms with E-state index in [0.29, 0.717) is 10.8 Å². The van der Waals surface area contributed by atoms with E-state index in [1.807, 2.05) is 42.5 Å². The van der Waals surface area contributed by atoms with Gasteiger partial charge in [-0.1, -0.05) is 23.7 Å². The Hall–Kier alpha value is -1.75. The molecule has 0 bridgehead atoms. The molecule has 0 spiro atoms. The van der Waals surface area contributed by atoms with E-state index in [1.54, 1.807) is 14.2 Å². The molecular weight excluding hydrogens is 276 g/mol. The molecule has 0 aliphatic rings. The molecule has 2 aromatic carbocycles. The van der Waals surface area contributed by atoms with Crippen LogP contribution in [0.25, 0.3) is 0 Å². The molecule has 5 heteroatoms. The number of benzene rings is 2. The second kappa shape index (κ2) is 6.61. The Bertz CT molecular complexity index is 573. The smallest absolute Gasteiger partial charge is 0.127 e. The number of nitrogens with one attached hydrogen (secondary N) is 1. The van der Waals surface area contributed by atoms with Gasteiger partial charge >= 0.3 is 0 Å². The zero-order valence-electron chi connectivity index (χ0n) is 11.4. The first-order valence-corrected chi connectivity index (χ1v) is 6.51. The highest BCUT2D eigenvalue weighted by Gasteiger charge is 2.17. The van der Waals surface area contributed by atoms with Crippen LogP contribution in [0.15, 0.2) is 42.5 Å². The van der Waals surface area contributed by atoms with Crippen LogP contribution in [-0.4, -0.2) is 14.2 Å². The van der Waals surface area contributed by atoms with Gasteiger partial charge in [0.05, 0.1) is 20.3 Å². The molecule has 0 aromatic heterocycles. The summed E-state index contributed by atoms with van der Waals surface area (Å²) in [4.78, 5) is 0. The van der Waals surface area contributed by atoms with Gasteiger partial charge in [-0.3, -0.25) is 5.84 Å². The fraction of sp³-hybridized carbons (Fsp3) is 0.200. The molecular formula is C15H17ClN2O2. The number of hydrogen-bond donors (Lipinski definition) is 2. The van der Waals surface area contributed by atoms with Gasteiger partial charge in [-0.25, -0.2) is 5.43 Å². The summed E-state index contributed by atoms with van der Waals surface area (Å²) in [5.74, 6) is 7.14. The number of hydrazine groups is 1. The van der Waals surface area contributed by atoms with Crippen LogP contribution in [0.3, 0.4) is 0 Å². The van der Waals surface area contributed by atoms with Crippen molar-refractivity contribution in [2.45, 2.75) is 6.04 Å². The molecule has 0 saturated carbocycles. The van der Waals surface area contributed by atoms with Crippen molar-refractivity contribution in [3.05, 3.63) is 58.6 Å². The molecule has 1 unspecified atom stereocenters. The molecule has 0 aliphatic carbocycles. The second-order valence-electron chi connectivity index (χ2n) is 4.26. The van der Waals surface area contributed by atoms with Crippen LogP contribution in [0.1, 0.15) is 17.2 Å². The van der Waals surface area contributed by atoms with Gasteiger partial charge in [0, 0.05) is 16.7 Å². The van der Waals surface area contributed by atoms with Crippen molar-refractivity contribution in [2.75, 3.05) is 14.2 Å². The minimum absolute atomic E-state index is 0.187. The lowest BCUT2D eigenvalue weighted by molar-refractivity contribution is 0.387. The molecule has 2 rings (SSSR count). The summed E-state index contributed by atoms with van der Waals surface area (Å²) in [5, 5.41) is 0.686. The van der Waals surface area contributed by atoms with Crippen LogP contribution >= 0.6 is 11.6 Å². The Balaban J connectivity index is 2.43. The van der Waals surface area contributed by atoms with Gasteiger partial charge in [0.2, 0.25) is 0 Å². The quantitative estimate of drug-likeness (QED) is 0.657.